The fourth-order valence-corrected chi connectivity index (χ4v) is 8.85. The van der Waals surface area contributed by atoms with Crippen LogP contribution in [-0.4, -0.2) is 62.7 Å². The summed E-state index contributed by atoms with van der Waals surface area (Å²) in [7, 11) is -2.53. The number of unbranched alkanes of at least 4 members (excludes halogenated alkanes) is 1. The highest BCUT2D eigenvalue weighted by atomic mass is 28.4. The molecule has 5 rings (SSSR count). The topological polar surface area (TPSA) is 64.1 Å². The Morgan fingerprint density at radius 2 is 1.79 bits per heavy atom. The highest BCUT2D eigenvalue weighted by Gasteiger charge is 2.43. The van der Waals surface area contributed by atoms with Crippen molar-refractivity contribution >= 4 is 19.7 Å². The first-order chi connectivity index (χ1) is 16.6. The molecule has 34 heavy (non-hydrogen) atoms. The van der Waals surface area contributed by atoms with Crippen molar-refractivity contribution in [3.8, 4) is 0 Å². The van der Waals surface area contributed by atoms with Crippen LogP contribution in [0.4, 0.5) is 0 Å². The fraction of sp³-hybridized carbons (Fsp3) is 0.667. The van der Waals surface area contributed by atoms with Crippen molar-refractivity contribution in [2.75, 3.05) is 32.9 Å². The molecule has 0 amide bonds. The van der Waals surface area contributed by atoms with Gasteiger partial charge in [0, 0.05) is 50.0 Å². The minimum atomic E-state index is -2.53. The second kappa shape index (κ2) is 12.1. The van der Waals surface area contributed by atoms with Gasteiger partial charge in [-0.2, -0.15) is 0 Å². The van der Waals surface area contributed by atoms with Gasteiger partial charge in [0.2, 0.25) is 0 Å². The number of aliphatic hydroxyl groups excluding tert-OH is 1. The molecule has 3 fully saturated rings. The Bertz CT molecular complexity index is 891. The summed E-state index contributed by atoms with van der Waals surface area (Å²) in [5.74, 6) is 1.42. The maximum Gasteiger partial charge on any atom is 0.500 e. The quantitative estimate of drug-likeness (QED) is 0.310. The minimum absolute atomic E-state index is 0.203. The summed E-state index contributed by atoms with van der Waals surface area (Å²) < 4.78 is 18.1. The molecule has 3 saturated heterocycles. The summed E-state index contributed by atoms with van der Waals surface area (Å²) in [6.07, 6.45) is 7.20. The van der Waals surface area contributed by atoms with Crippen LogP contribution in [-0.2, 0) is 13.3 Å². The van der Waals surface area contributed by atoms with Crippen LogP contribution < -0.4 is 0 Å². The number of fused-ring (bicyclic) bond motifs is 4. The molecule has 0 aliphatic carbocycles. The Morgan fingerprint density at radius 3 is 2.47 bits per heavy atom. The predicted molar refractivity (Wildman–Crippen MR) is 138 cm³/mol. The van der Waals surface area contributed by atoms with E-state index in [9.17, 15) is 5.11 Å². The van der Waals surface area contributed by atoms with Crippen molar-refractivity contribution in [2.24, 2.45) is 11.8 Å². The zero-order valence-corrected chi connectivity index (χ0v) is 22.1. The van der Waals surface area contributed by atoms with Crippen LogP contribution >= 0.6 is 0 Å². The number of aromatic nitrogens is 1. The first-order valence-electron chi connectivity index (χ1n) is 13.3. The van der Waals surface area contributed by atoms with E-state index in [-0.39, 0.29) is 6.04 Å². The SMILES string of the molecule is CCO[Si](CCCC[C@H]1CN2CC[C@H]1C[C@H]2[C@H](O)c1ccnc2ccccc12)(OCC)OCC. The van der Waals surface area contributed by atoms with E-state index in [1.165, 1.54) is 19.3 Å². The fourth-order valence-electron chi connectivity index (χ4n) is 6.17. The van der Waals surface area contributed by atoms with Gasteiger partial charge in [-0.3, -0.25) is 9.88 Å². The molecule has 6 nitrogen and oxygen atoms in total. The molecule has 2 bridgehead atoms. The van der Waals surface area contributed by atoms with Gasteiger partial charge in [-0.25, -0.2) is 0 Å². The van der Waals surface area contributed by atoms with Crippen molar-refractivity contribution in [3.63, 3.8) is 0 Å². The minimum Gasteiger partial charge on any atom is -0.387 e. The number of hydrogen-bond donors (Lipinski definition) is 1. The van der Waals surface area contributed by atoms with Crippen LogP contribution in [0.25, 0.3) is 10.9 Å². The molecule has 7 heteroatoms. The van der Waals surface area contributed by atoms with Crippen LogP contribution in [0.15, 0.2) is 36.5 Å². The summed E-state index contributed by atoms with van der Waals surface area (Å²) in [6, 6.07) is 11.2. The third-order valence-corrected chi connectivity index (χ3v) is 10.9. The Balaban J connectivity index is 1.32. The van der Waals surface area contributed by atoms with Crippen molar-refractivity contribution < 1.29 is 18.4 Å². The number of para-hydroxylation sites is 1. The first-order valence-corrected chi connectivity index (χ1v) is 15.2. The van der Waals surface area contributed by atoms with Crippen LogP contribution in [0.2, 0.25) is 6.04 Å². The second-order valence-corrected chi connectivity index (χ2v) is 12.4. The van der Waals surface area contributed by atoms with Crippen LogP contribution in [0.3, 0.4) is 0 Å². The lowest BCUT2D eigenvalue weighted by Gasteiger charge is -2.51. The summed E-state index contributed by atoms with van der Waals surface area (Å²) >= 11 is 0. The number of nitrogens with zero attached hydrogens (tertiary/aromatic N) is 2. The molecule has 2 aromatic rings. The number of benzene rings is 1. The molecule has 1 aromatic carbocycles. The Kier molecular flexibility index (Phi) is 9.13. The highest BCUT2D eigenvalue weighted by Crippen LogP contribution is 2.43. The van der Waals surface area contributed by atoms with Gasteiger partial charge in [0.15, 0.2) is 0 Å². The molecule has 1 aromatic heterocycles. The van der Waals surface area contributed by atoms with Gasteiger partial charge in [-0.1, -0.05) is 24.6 Å². The van der Waals surface area contributed by atoms with E-state index in [0.717, 1.165) is 48.4 Å². The maximum atomic E-state index is 11.4. The lowest BCUT2D eigenvalue weighted by atomic mass is 9.72. The molecule has 188 valence electrons. The van der Waals surface area contributed by atoms with Gasteiger partial charge in [0.05, 0.1) is 11.6 Å². The third kappa shape index (κ3) is 5.72. The van der Waals surface area contributed by atoms with E-state index in [2.05, 4.69) is 16.0 Å². The van der Waals surface area contributed by atoms with Gasteiger partial charge < -0.3 is 18.4 Å². The molecule has 4 heterocycles. The lowest BCUT2D eigenvalue weighted by Crippen LogP contribution is -2.55. The van der Waals surface area contributed by atoms with Gasteiger partial charge in [0.25, 0.3) is 0 Å². The van der Waals surface area contributed by atoms with Gasteiger partial charge in [-0.05, 0) is 82.5 Å². The maximum absolute atomic E-state index is 11.4. The van der Waals surface area contributed by atoms with Crippen molar-refractivity contribution in [1.82, 2.24) is 9.88 Å². The molecule has 1 N–H and O–H groups in total. The molecule has 0 radical (unpaired) electrons. The van der Waals surface area contributed by atoms with Crippen molar-refractivity contribution in [2.45, 2.75) is 71.1 Å². The second-order valence-electron chi connectivity index (χ2n) is 9.70. The number of hydrogen-bond acceptors (Lipinski definition) is 6. The molecular formula is C27H42N2O4Si. The van der Waals surface area contributed by atoms with Gasteiger partial charge in [0.1, 0.15) is 0 Å². The summed E-state index contributed by atoms with van der Waals surface area (Å²) in [5, 5.41) is 12.5. The summed E-state index contributed by atoms with van der Waals surface area (Å²) in [5.41, 5.74) is 1.97. The summed E-state index contributed by atoms with van der Waals surface area (Å²) in [6.45, 7) is 10.2. The zero-order valence-electron chi connectivity index (χ0n) is 21.1. The van der Waals surface area contributed by atoms with Crippen LogP contribution in [0, 0.1) is 11.8 Å². The van der Waals surface area contributed by atoms with Gasteiger partial charge >= 0.3 is 8.80 Å². The molecular weight excluding hydrogens is 444 g/mol. The van der Waals surface area contributed by atoms with E-state index in [0.29, 0.717) is 31.7 Å². The largest absolute Gasteiger partial charge is 0.500 e. The highest BCUT2D eigenvalue weighted by molar-refractivity contribution is 6.60. The average Bonchev–Trinajstić information content (AvgIpc) is 2.87. The number of rotatable bonds is 13. The number of piperidine rings is 3. The molecule has 3 aliphatic rings. The molecule has 3 aliphatic heterocycles. The van der Waals surface area contributed by atoms with Crippen LogP contribution in [0.1, 0.15) is 64.5 Å². The summed E-state index contributed by atoms with van der Waals surface area (Å²) in [4.78, 5) is 7.02. The van der Waals surface area contributed by atoms with Crippen LogP contribution in [0.5, 0.6) is 0 Å². The molecule has 1 unspecified atom stereocenters. The van der Waals surface area contributed by atoms with Gasteiger partial charge in [-0.15, -0.1) is 0 Å². The monoisotopic (exact) mass is 486 g/mol. The first kappa shape index (κ1) is 25.7. The smallest absolute Gasteiger partial charge is 0.387 e. The normalized spacial score (nSPS) is 25.6. The van der Waals surface area contributed by atoms with E-state index in [1.54, 1.807) is 0 Å². The van der Waals surface area contributed by atoms with E-state index in [1.807, 2.05) is 51.2 Å². The Hall–Kier alpha value is -1.35. The molecule has 0 saturated carbocycles. The van der Waals surface area contributed by atoms with E-state index in [4.69, 9.17) is 13.3 Å². The van der Waals surface area contributed by atoms with Crippen molar-refractivity contribution in [3.05, 3.63) is 42.1 Å². The predicted octanol–water partition coefficient (Wildman–Crippen LogP) is 5.20. The van der Waals surface area contributed by atoms with Crippen molar-refractivity contribution in [1.29, 1.82) is 0 Å². The molecule has 5 atom stereocenters. The third-order valence-electron chi connectivity index (χ3n) is 7.70. The average molecular weight is 487 g/mol. The zero-order chi connectivity index (χ0) is 24.0. The Morgan fingerprint density at radius 1 is 1.06 bits per heavy atom. The lowest BCUT2D eigenvalue weighted by molar-refractivity contribution is -0.0577. The number of pyridine rings is 1. The number of aliphatic hydroxyl groups is 1. The Labute approximate surface area is 206 Å². The van der Waals surface area contributed by atoms with E-state index < -0.39 is 14.9 Å². The van der Waals surface area contributed by atoms with E-state index >= 15 is 0 Å². The standard InChI is InChI=1S/C27H42N2O4Si/c1-4-31-34(32-5-2,33-6-3)18-10-9-11-22-20-29-17-15-21(22)19-26(29)27(30)24-14-16-28-25-13-8-7-12-23(24)25/h7-8,12-14,16,21-22,26-27,30H,4-6,9-11,15,17-20H2,1-3H3/t21-,22-,26-,27+/m0/s1. The molecule has 0 spiro atoms.